The molecule has 1 atom stereocenters. The van der Waals surface area contributed by atoms with E-state index in [0.29, 0.717) is 16.7 Å². The maximum absolute atomic E-state index is 13.1. The van der Waals surface area contributed by atoms with E-state index in [-0.39, 0.29) is 11.7 Å². The lowest BCUT2D eigenvalue weighted by molar-refractivity contribution is 0.333. The Balaban J connectivity index is 1.41. The van der Waals surface area contributed by atoms with E-state index in [1.807, 2.05) is 18.2 Å². The fraction of sp³-hybridized carbons (Fsp3) is 0.238. The average Bonchev–Trinajstić information content (AvgIpc) is 3.24. The minimum atomic E-state index is -0.293. The van der Waals surface area contributed by atoms with Crippen molar-refractivity contribution in [2.45, 2.75) is 18.8 Å². The van der Waals surface area contributed by atoms with Crippen molar-refractivity contribution in [1.82, 2.24) is 20.1 Å². The van der Waals surface area contributed by atoms with Crippen LogP contribution in [-0.4, -0.2) is 33.2 Å². The Hall–Kier alpha value is -3.06. The topological polar surface area (TPSA) is 67.9 Å². The number of nitrogens with zero attached hydrogens (tertiary/aromatic N) is 5. The van der Waals surface area contributed by atoms with Gasteiger partial charge in [-0.15, -0.1) is 0 Å². The zero-order chi connectivity index (χ0) is 19.8. The number of fused-ring (bicyclic) bond motifs is 1. The second-order valence-corrected chi connectivity index (χ2v) is 7.54. The first-order valence-corrected chi connectivity index (χ1v) is 9.80. The molecule has 0 N–H and O–H groups in total. The summed E-state index contributed by atoms with van der Waals surface area (Å²) in [5, 5.41) is 5.70. The molecule has 2 aromatic carbocycles. The van der Waals surface area contributed by atoms with Crippen molar-refractivity contribution in [2.75, 3.05) is 18.0 Å². The van der Waals surface area contributed by atoms with Crippen LogP contribution in [0.3, 0.4) is 0 Å². The first-order valence-electron chi connectivity index (χ1n) is 9.42. The molecule has 29 heavy (non-hydrogen) atoms. The Morgan fingerprint density at radius 1 is 1.10 bits per heavy atom. The van der Waals surface area contributed by atoms with Gasteiger partial charge < -0.3 is 9.42 Å². The summed E-state index contributed by atoms with van der Waals surface area (Å²) in [5.74, 6) is 1.76. The molecule has 4 aromatic rings. The largest absolute Gasteiger partial charge is 0.355 e. The Kier molecular flexibility index (Phi) is 4.60. The van der Waals surface area contributed by atoms with Crippen molar-refractivity contribution in [3.05, 3.63) is 65.5 Å². The minimum absolute atomic E-state index is 0.0998. The molecule has 0 amide bonds. The molecule has 0 saturated carbocycles. The Labute approximate surface area is 171 Å². The van der Waals surface area contributed by atoms with Crippen LogP contribution in [0.15, 0.2) is 53.3 Å². The average molecular weight is 410 g/mol. The molecule has 6 nitrogen and oxygen atoms in total. The number of rotatable bonds is 3. The lowest BCUT2D eigenvalue weighted by Gasteiger charge is -2.32. The Morgan fingerprint density at radius 2 is 1.97 bits per heavy atom. The summed E-state index contributed by atoms with van der Waals surface area (Å²) in [6.45, 7) is 1.62. The van der Waals surface area contributed by atoms with Crippen LogP contribution in [0.1, 0.15) is 24.7 Å². The highest BCUT2D eigenvalue weighted by Crippen LogP contribution is 2.32. The van der Waals surface area contributed by atoms with Crippen molar-refractivity contribution < 1.29 is 8.91 Å². The molecule has 1 fully saturated rings. The van der Waals surface area contributed by atoms with Gasteiger partial charge >= 0.3 is 0 Å². The third-order valence-corrected chi connectivity index (χ3v) is 5.43. The third-order valence-electron chi connectivity index (χ3n) is 5.19. The summed E-state index contributed by atoms with van der Waals surface area (Å²) in [6.07, 6.45) is 3.51. The van der Waals surface area contributed by atoms with Crippen LogP contribution in [0.2, 0.25) is 5.02 Å². The molecule has 2 aromatic heterocycles. The van der Waals surface area contributed by atoms with Gasteiger partial charge in [-0.3, -0.25) is 0 Å². The van der Waals surface area contributed by atoms with Gasteiger partial charge in [0.15, 0.2) is 0 Å². The highest BCUT2D eigenvalue weighted by molar-refractivity contribution is 6.31. The monoisotopic (exact) mass is 409 g/mol. The predicted molar refractivity (Wildman–Crippen MR) is 108 cm³/mol. The van der Waals surface area contributed by atoms with Gasteiger partial charge in [-0.05, 0) is 55.3 Å². The molecule has 1 unspecified atom stereocenters. The molecule has 5 rings (SSSR count). The molecule has 0 bridgehead atoms. The van der Waals surface area contributed by atoms with Gasteiger partial charge in [-0.1, -0.05) is 16.8 Å². The molecular weight excluding hydrogens is 393 g/mol. The molecule has 146 valence electrons. The van der Waals surface area contributed by atoms with Crippen LogP contribution < -0.4 is 4.90 Å². The zero-order valence-corrected chi connectivity index (χ0v) is 16.2. The van der Waals surface area contributed by atoms with Gasteiger partial charge in [0.2, 0.25) is 11.7 Å². The summed E-state index contributed by atoms with van der Waals surface area (Å²) >= 11 is 6.10. The second kappa shape index (κ2) is 7.40. The quantitative estimate of drug-likeness (QED) is 0.481. The summed E-state index contributed by atoms with van der Waals surface area (Å²) in [6, 6.07) is 11.7. The van der Waals surface area contributed by atoms with Crippen molar-refractivity contribution in [3.63, 3.8) is 0 Å². The molecule has 0 radical (unpaired) electrons. The summed E-state index contributed by atoms with van der Waals surface area (Å²) in [4.78, 5) is 15.6. The van der Waals surface area contributed by atoms with Gasteiger partial charge in [0.25, 0.3) is 0 Å². The van der Waals surface area contributed by atoms with E-state index in [1.165, 1.54) is 12.1 Å². The third kappa shape index (κ3) is 3.53. The van der Waals surface area contributed by atoms with Crippen LogP contribution in [0.4, 0.5) is 10.2 Å². The Morgan fingerprint density at radius 3 is 2.83 bits per heavy atom. The highest BCUT2D eigenvalue weighted by Gasteiger charge is 2.28. The van der Waals surface area contributed by atoms with Crippen molar-refractivity contribution >= 4 is 28.3 Å². The second-order valence-electron chi connectivity index (χ2n) is 7.11. The van der Waals surface area contributed by atoms with E-state index in [9.17, 15) is 4.39 Å². The lowest BCUT2D eigenvalue weighted by Crippen LogP contribution is -2.35. The van der Waals surface area contributed by atoms with Crippen molar-refractivity contribution in [3.8, 4) is 11.4 Å². The first kappa shape index (κ1) is 18.0. The summed E-state index contributed by atoms with van der Waals surface area (Å²) < 4.78 is 18.7. The summed E-state index contributed by atoms with van der Waals surface area (Å²) in [7, 11) is 0. The van der Waals surface area contributed by atoms with Gasteiger partial charge in [0.05, 0.1) is 11.4 Å². The number of anilines is 1. The van der Waals surface area contributed by atoms with Crippen molar-refractivity contribution in [1.29, 1.82) is 0 Å². The van der Waals surface area contributed by atoms with E-state index >= 15 is 0 Å². The van der Waals surface area contributed by atoms with Crippen LogP contribution >= 0.6 is 11.6 Å². The first-order chi connectivity index (χ1) is 14.2. The Bertz CT molecular complexity index is 1160. The van der Waals surface area contributed by atoms with Crippen LogP contribution in [0.25, 0.3) is 22.3 Å². The molecular formula is C21H17ClFN5O. The maximum Gasteiger partial charge on any atom is 0.231 e. The zero-order valence-electron chi connectivity index (χ0n) is 15.4. The number of hydrogen-bond donors (Lipinski definition) is 0. The number of aromatic nitrogens is 4. The van der Waals surface area contributed by atoms with Crippen LogP contribution in [0, 0.1) is 5.82 Å². The predicted octanol–water partition coefficient (Wildman–Crippen LogP) is 4.86. The maximum atomic E-state index is 13.1. The number of benzene rings is 2. The van der Waals surface area contributed by atoms with Gasteiger partial charge in [-0.2, -0.15) is 4.98 Å². The van der Waals surface area contributed by atoms with Gasteiger partial charge in [-0.25, -0.2) is 14.4 Å². The van der Waals surface area contributed by atoms with Crippen molar-refractivity contribution in [2.24, 2.45) is 0 Å². The van der Waals surface area contributed by atoms with E-state index in [2.05, 4.69) is 25.0 Å². The van der Waals surface area contributed by atoms with E-state index in [1.54, 1.807) is 18.5 Å². The molecule has 3 heterocycles. The molecule has 1 aliphatic heterocycles. The normalized spacial score (nSPS) is 17.0. The van der Waals surface area contributed by atoms with Gasteiger partial charge in [0.1, 0.15) is 18.0 Å². The number of piperidine rings is 1. The molecule has 8 heteroatoms. The highest BCUT2D eigenvalue weighted by atomic mass is 35.5. The number of halogens is 2. The van der Waals surface area contributed by atoms with Gasteiger partial charge in [0, 0.05) is 29.1 Å². The molecule has 0 spiro atoms. The SMILES string of the molecule is Fc1ccc(-c2noc(C3CCCN(c4ncnc5cc(Cl)ccc45)C3)n2)cc1. The smallest absolute Gasteiger partial charge is 0.231 e. The van der Waals surface area contributed by atoms with Crippen LogP contribution in [0.5, 0.6) is 0 Å². The fourth-order valence-corrected chi connectivity index (χ4v) is 3.92. The number of hydrogen-bond acceptors (Lipinski definition) is 6. The molecule has 1 saturated heterocycles. The molecule has 0 aliphatic carbocycles. The molecule has 1 aliphatic rings. The lowest BCUT2D eigenvalue weighted by atomic mass is 9.97. The fourth-order valence-electron chi connectivity index (χ4n) is 3.76. The van der Waals surface area contributed by atoms with E-state index in [4.69, 9.17) is 16.1 Å². The van der Waals surface area contributed by atoms with E-state index < -0.39 is 0 Å². The standard InChI is InChI=1S/C21H17ClFN5O/c22-15-5-8-17-18(10-15)24-12-25-20(17)28-9-1-2-14(11-28)21-26-19(27-29-21)13-3-6-16(23)7-4-13/h3-8,10,12,14H,1-2,9,11H2. The van der Waals surface area contributed by atoms with Crippen LogP contribution in [-0.2, 0) is 0 Å². The van der Waals surface area contributed by atoms with E-state index in [0.717, 1.165) is 48.2 Å². The minimum Gasteiger partial charge on any atom is -0.355 e. The summed E-state index contributed by atoms with van der Waals surface area (Å²) in [5.41, 5.74) is 1.55.